The van der Waals surface area contributed by atoms with Crippen molar-refractivity contribution in [1.29, 1.82) is 0 Å². The largest absolute Gasteiger partial charge is 2.00 e. The smallest absolute Gasteiger partial charge is 0.328 e. The minimum absolute atomic E-state index is 0. The van der Waals surface area contributed by atoms with Crippen molar-refractivity contribution in [1.82, 2.24) is 0 Å². The Kier molecular flexibility index (Phi) is 40.2. The fourth-order valence-corrected chi connectivity index (χ4v) is 7.81. The molecular formula is C24H54FeP2PtSi+. The van der Waals surface area contributed by atoms with Gasteiger partial charge in [0.25, 0.3) is 0 Å². The zero-order valence-corrected chi connectivity index (χ0v) is 27.3. The molecule has 2 aliphatic carbocycles. The van der Waals surface area contributed by atoms with Crippen LogP contribution >= 0.6 is 15.8 Å². The van der Waals surface area contributed by atoms with E-state index in [0.29, 0.717) is 15.8 Å². The van der Waals surface area contributed by atoms with Crippen molar-refractivity contribution in [2.24, 2.45) is 0 Å². The summed E-state index contributed by atoms with van der Waals surface area (Å²) in [5, 5.41) is 0. The molecule has 0 N–H and O–H groups in total. The number of hydrogen-bond acceptors (Lipinski definition) is 0. The molecule has 0 bridgehead atoms. The topological polar surface area (TPSA) is 0 Å². The van der Waals surface area contributed by atoms with E-state index < -0.39 is 0 Å². The third-order valence-corrected chi connectivity index (χ3v) is 13.5. The first-order valence-electron chi connectivity index (χ1n) is 12.1. The summed E-state index contributed by atoms with van der Waals surface area (Å²) in [5.74, 6) is 0. The first kappa shape index (κ1) is 38.5. The average Bonchev–Trinajstić information content (AvgIpc) is 3.42. The molecule has 29 heavy (non-hydrogen) atoms. The molecule has 5 heteroatoms. The Balaban J connectivity index is -0.000000142. The summed E-state index contributed by atoms with van der Waals surface area (Å²) in [7, 11) is 0.980. The molecule has 0 saturated heterocycles. The van der Waals surface area contributed by atoms with Crippen LogP contribution in [0.15, 0.2) is 0 Å². The Labute approximate surface area is 216 Å². The van der Waals surface area contributed by atoms with Crippen LogP contribution in [0, 0.1) is 6.42 Å². The fraction of sp³-hybridized carbons (Fsp3) is 0.958. The van der Waals surface area contributed by atoms with Gasteiger partial charge in [-0.3, -0.25) is 0 Å². The Morgan fingerprint density at radius 2 is 0.966 bits per heavy atom. The first-order chi connectivity index (χ1) is 13.0. The van der Waals surface area contributed by atoms with Crippen LogP contribution in [0.4, 0.5) is 0 Å². The van der Waals surface area contributed by atoms with E-state index in [-0.39, 0.29) is 46.9 Å². The maximum absolute atomic E-state index is 2.45. The summed E-state index contributed by atoms with van der Waals surface area (Å²) >= 11 is 0. The maximum atomic E-state index is 2.45. The molecule has 2 aliphatic rings. The van der Waals surface area contributed by atoms with E-state index in [1.165, 1.54) is 81.0 Å². The van der Waals surface area contributed by atoms with Gasteiger partial charge in [-0.1, -0.05) is 93.2 Å². The normalized spacial score (nSPS) is 15.4. The van der Waals surface area contributed by atoms with E-state index in [9.17, 15) is 0 Å². The summed E-state index contributed by atoms with van der Waals surface area (Å²) in [5.41, 5.74) is 1.17. The van der Waals surface area contributed by atoms with Crippen molar-refractivity contribution >= 4 is 24.6 Å². The van der Waals surface area contributed by atoms with Gasteiger partial charge in [0.05, 0.1) is 0 Å². The minimum atomic E-state index is 0. The Morgan fingerprint density at radius 1 is 0.655 bits per heavy atom. The zero-order valence-electron chi connectivity index (χ0n) is 21.1. The fourth-order valence-electron chi connectivity index (χ4n) is 3.57. The summed E-state index contributed by atoms with van der Waals surface area (Å²) < 4.78 is 0. The Morgan fingerprint density at radius 3 is 1.07 bits per heavy atom. The quantitative estimate of drug-likeness (QED) is 0.143. The molecule has 2 saturated carbocycles. The number of rotatable bonds is 7. The zero-order chi connectivity index (χ0) is 20.9. The van der Waals surface area contributed by atoms with Gasteiger partial charge >= 0.3 is 17.1 Å². The average molecular weight is 684 g/mol. The molecule has 0 unspecified atom stereocenters. The molecule has 2 fully saturated rings. The van der Waals surface area contributed by atoms with Crippen molar-refractivity contribution in [3.8, 4) is 0 Å². The van der Waals surface area contributed by atoms with Crippen molar-refractivity contribution in [3.63, 3.8) is 0 Å². The van der Waals surface area contributed by atoms with Gasteiger partial charge < -0.3 is 6.42 Å². The predicted molar refractivity (Wildman–Crippen MR) is 140 cm³/mol. The number of hydrogen-bond donors (Lipinski definition) is 0. The maximum Gasteiger partial charge on any atom is 2.00 e. The van der Waals surface area contributed by atoms with Gasteiger partial charge in [0.15, 0.2) is 0 Å². The molecule has 0 aliphatic heterocycles. The Hall–Kier alpha value is 2.28. The second-order valence-corrected chi connectivity index (χ2v) is 17.3. The second-order valence-electron chi connectivity index (χ2n) is 7.87. The van der Waals surface area contributed by atoms with Gasteiger partial charge in [0.1, 0.15) is 0 Å². The van der Waals surface area contributed by atoms with Gasteiger partial charge in [-0.25, -0.2) is 0 Å². The van der Waals surface area contributed by atoms with Crippen molar-refractivity contribution < 1.29 is 38.1 Å². The van der Waals surface area contributed by atoms with Crippen LogP contribution in [0.3, 0.4) is 0 Å². The summed E-state index contributed by atoms with van der Waals surface area (Å²) in [6.07, 6.45) is 22.6. The van der Waals surface area contributed by atoms with Crippen molar-refractivity contribution in [2.75, 3.05) is 37.0 Å². The van der Waals surface area contributed by atoms with E-state index in [1.54, 1.807) is 12.8 Å². The van der Waals surface area contributed by atoms with Crippen LogP contribution in [0.5, 0.6) is 0 Å². The van der Waals surface area contributed by atoms with E-state index in [1.807, 2.05) is 0 Å². The summed E-state index contributed by atoms with van der Waals surface area (Å²) in [6.45, 7) is 18.6. The SMILES string of the molecule is CCP(CC)CC.CCP(CC)CC.C[Si](C)C1CCCC1.[CH-]1CCCC1.[Fe+2].[Pt]. The molecule has 0 heterocycles. The molecule has 0 nitrogen and oxygen atoms in total. The van der Waals surface area contributed by atoms with Crippen LogP contribution < -0.4 is 0 Å². The molecule has 0 atom stereocenters. The van der Waals surface area contributed by atoms with Gasteiger partial charge in [-0.15, -0.1) is 15.8 Å². The van der Waals surface area contributed by atoms with Crippen LogP contribution in [-0.4, -0.2) is 45.8 Å². The van der Waals surface area contributed by atoms with Crippen LogP contribution in [0.2, 0.25) is 18.6 Å². The summed E-state index contributed by atoms with van der Waals surface area (Å²) in [6, 6.07) is 0. The van der Waals surface area contributed by atoms with E-state index >= 15 is 0 Å². The minimum Gasteiger partial charge on any atom is -0.328 e. The monoisotopic (exact) mass is 683 g/mol. The van der Waals surface area contributed by atoms with E-state index in [0.717, 1.165) is 0 Å². The van der Waals surface area contributed by atoms with Crippen molar-refractivity contribution in [3.05, 3.63) is 6.42 Å². The van der Waals surface area contributed by atoms with Gasteiger partial charge in [-0.2, -0.15) is 12.8 Å². The van der Waals surface area contributed by atoms with E-state index in [4.69, 9.17) is 0 Å². The molecule has 181 valence electrons. The third-order valence-electron chi connectivity index (χ3n) is 5.92. The molecule has 2 rings (SSSR count). The van der Waals surface area contributed by atoms with Gasteiger partial charge in [0, 0.05) is 29.9 Å². The molecule has 0 spiro atoms. The molecule has 1 radical (unpaired) electrons. The van der Waals surface area contributed by atoms with Gasteiger partial charge in [-0.05, 0) is 42.5 Å². The summed E-state index contributed by atoms with van der Waals surface area (Å²) in [4.78, 5) is 0. The van der Waals surface area contributed by atoms with Crippen molar-refractivity contribution in [2.45, 2.75) is 112 Å². The molecule has 0 aromatic carbocycles. The first-order valence-corrected chi connectivity index (χ1v) is 18.4. The Bertz CT molecular complexity index is 235. The second kappa shape index (κ2) is 30.3. The van der Waals surface area contributed by atoms with Gasteiger partial charge in [0.2, 0.25) is 0 Å². The van der Waals surface area contributed by atoms with Crippen LogP contribution in [-0.2, 0) is 38.1 Å². The molecular weight excluding hydrogens is 629 g/mol. The molecule has 0 aromatic heterocycles. The van der Waals surface area contributed by atoms with Crippen LogP contribution in [0.25, 0.3) is 0 Å². The standard InChI is InChI=1S/C7H15Si.2C6H15P.C5H9.Fe.Pt/c1-8(2)7-5-3-4-6-7;2*1-4-7(5-2)6-3;1-2-4-5-3-1;;/h7H,3-6H2,1-2H3;2*4-6H2,1-3H3;1H,2-5H2;;/q;;;-1;+2;. The molecule has 0 amide bonds. The molecule has 0 aromatic rings. The van der Waals surface area contributed by atoms with Crippen LogP contribution in [0.1, 0.15) is 92.9 Å². The predicted octanol–water partition coefficient (Wildman–Crippen LogP) is 9.50. The van der Waals surface area contributed by atoms with E-state index in [2.05, 4.69) is 61.1 Å². The third kappa shape index (κ3) is 26.4.